The van der Waals surface area contributed by atoms with Crippen LogP contribution >= 0.6 is 15.9 Å². The summed E-state index contributed by atoms with van der Waals surface area (Å²) in [7, 11) is 1.92. The third-order valence-electron chi connectivity index (χ3n) is 2.59. The van der Waals surface area contributed by atoms with E-state index in [0.717, 1.165) is 21.6 Å². The number of rotatable bonds is 3. The maximum atomic E-state index is 4.36. The second kappa shape index (κ2) is 4.80. The first kappa shape index (κ1) is 11.4. The molecule has 4 heteroatoms. The number of imidazole rings is 1. The Balaban J connectivity index is 2.28. The molecule has 3 nitrogen and oxygen atoms in total. The Kier molecular flexibility index (Phi) is 3.41. The number of halogens is 1. The topological polar surface area (TPSA) is 40.7 Å². The van der Waals surface area contributed by atoms with Crippen molar-refractivity contribution in [3.8, 4) is 11.3 Å². The fraction of sp³-hybridized carbons (Fsp3) is 0.250. The molecule has 2 rings (SSSR count). The number of nitrogens with one attached hydrogen (secondary N) is 2. The van der Waals surface area contributed by atoms with Gasteiger partial charge in [-0.1, -0.05) is 28.1 Å². The van der Waals surface area contributed by atoms with Gasteiger partial charge in [-0.15, -0.1) is 0 Å². The van der Waals surface area contributed by atoms with Crippen molar-refractivity contribution in [2.75, 3.05) is 7.05 Å². The van der Waals surface area contributed by atoms with Gasteiger partial charge in [0.2, 0.25) is 0 Å². The van der Waals surface area contributed by atoms with E-state index < -0.39 is 0 Å². The number of H-pyrrole nitrogens is 1. The molecule has 16 heavy (non-hydrogen) atoms. The smallest absolute Gasteiger partial charge is 0.123 e. The molecule has 1 atom stereocenters. The van der Waals surface area contributed by atoms with E-state index in [1.807, 2.05) is 25.4 Å². The van der Waals surface area contributed by atoms with Crippen molar-refractivity contribution in [3.05, 3.63) is 40.8 Å². The van der Waals surface area contributed by atoms with E-state index in [4.69, 9.17) is 0 Å². The van der Waals surface area contributed by atoms with Gasteiger partial charge in [0.15, 0.2) is 0 Å². The van der Waals surface area contributed by atoms with Gasteiger partial charge in [-0.25, -0.2) is 4.98 Å². The molecule has 2 aromatic rings. The number of aromatic nitrogens is 2. The van der Waals surface area contributed by atoms with Crippen molar-refractivity contribution >= 4 is 15.9 Å². The summed E-state index contributed by atoms with van der Waals surface area (Å²) in [5.41, 5.74) is 2.19. The van der Waals surface area contributed by atoms with Gasteiger partial charge in [-0.2, -0.15) is 0 Å². The third-order valence-corrected chi connectivity index (χ3v) is 3.12. The monoisotopic (exact) mass is 279 g/mol. The maximum absolute atomic E-state index is 4.36. The summed E-state index contributed by atoms with van der Waals surface area (Å²) in [6.45, 7) is 2.07. The van der Waals surface area contributed by atoms with Gasteiger partial charge in [0, 0.05) is 4.47 Å². The van der Waals surface area contributed by atoms with Crippen molar-refractivity contribution in [3.63, 3.8) is 0 Å². The molecule has 0 aliphatic heterocycles. The molecule has 0 aliphatic carbocycles. The van der Waals surface area contributed by atoms with E-state index in [-0.39, 0.29) is 6.04 Å². The second-order valence-corrected chi connectivity index (χ2v) is 4.62. The number of hydrogen-bond acceptors (Lipinski definition) is 2. The molecule has 1 heterocycles. The van der Waals surface area contributed by atoms with Crippen LogP contribution in [0.15, 0.2) is 34.9 Å². The van der Waals surface area contributed by atoms with E-state index >= 15 is 0 Å². The number of benzene rings is 1. The summed E-state index contributed by atoms with van der Waals surface area (Å²) < 4.78 is 1.08. The Labute approximate surface area is 103 Å². The normalized spacial score (nSPS) is 12.7. The molecule has 1 aromatic heterocycles. The minimum Gasteiger partial charge on any atom is -0.341 e. The van der Waals surface area contributed by atoms with Crippen molar-refractivity contribution < 1.29 is 0 Å². The van der Waals surface area contributed by atoms with E-state index in [0.29, 0.717) is 0 Å². The summed E-state index contributed by atoms with van der Waals surface area (Å²) in [5.74, 6) is 0.959. The fourth-order valence-electron chi connectivity index (χ4n) is 1.47. The molecule has 84 valence electrons. The molecular weight excluding hydrogens is 266 g/mol. The van der Waals surface area contributed by atoms with Crippen LogP contribution in [0.3, 0.4) is 0 Å². The minimum absolute atomic E-state index is 0.240. The van der Waals surface area contributed by atoms with Gasteiger partial charge in [0.05, 0.1) is 17.9 Å². The molecule has 0 amide bonds. The van der Waals surface area contributed by atoms with E-state index in [9.17, 15) is 0 Å². The lowest BCUT2D eigenvalue weighted by atomic mass is 10.2. The van der Waals surface area contributed by atoms with Crippen LogP contribution in [0.2, 0.25) is 0 Å². The maximum Gasteiger partial charge on any atom is 0.123 e. The number of nitrogens with zero attached hydrogens (tertiary/aromatic N) is 1. The van der Waals surface area contributed by atoms with E-state index in [2.05, 4.69) is 50.3 Å². The summed E-state index contributed by atoms with van der Waals surface area (Å²) in [4.78, 5) is 7.67. The largest absolute Gasteiger partial charge is 0.341 e. The van der Waals surface area contributed by atoms with Crippen LogP contribution in [0.4, 0.5) is 0 Å². The standard InChI is InChI=1S/C12H14BrN3/c1-8(14-2)12-15-7-11(16-12)9-3-5-10(13)6-4-9/h3-8,14H,1-2H3,(H,15,16)/t8-/m0/s1. The first-order valence-corrected chi connectivity index (χ1v) is 5.98. The second-order valence-electron chi connectivity index (χ2n) is 3.70. The molecule has 0 bridgehead atoms. The van der Waals surface area contributed by atoms with Gasteiger partial charge >= 0.3 is 0 Å². The van der Waals surface area contributed by atoms with Crippen molar-refractivity contribution in [2.24, 2.45) is 0 Å². The zero-order valence-corrected chi connectivity index (χ0v) is 10.9. The summed E-state index contributed by atoms with van der Waals surface area (Å²) >= 11 is 3.42. The quantitative estimate of drug-likeness (QED) is 0.907. The highest BCUT2D eigenvalue weighted by atomic mass is 79.9. The Morgan fingerprint density at radius 1 is 1.31 bits per heavy atom. The Hall–Kier alpha value is -1.13. The molecule has 0 fully saturated rings. The van der Waals surface area contributed by atoms with Crippen LogP contribution in [0.1, 0.15) is 18.8 Å². The summed E-state index contributed by atoms with van der Waals surface area (Å²) in [5, 5.41) is 3.15. The molecule has 2 N–H and O–H groups in total. The lowest BCUT2D eigenvalue weighted by molar-refractivity contribution is 0.618. The van der Waals surface area contributed by atoms with Crippen LogP contribution in [-0.4, -0.2) is 17.0 Å². The predicted octanol–water partition coefficient (Wildman–Crippen LogP) is 3.12. The van der Waals surface area contributed by atoms with Crippen molar-refractivity contribution in [1.82, 2.24) is 15.3 Å². The molecule has 0 saturated carbocycles. The molecule has 0 radical (unpaired) electrons. The lowest BCUT2D eigenvalue weighted by Gasteiger charge is -2.05. The van der Waals surface area contributed by atoms with Gasteiger partial charge in [-0.05, 0) is 31.7 Å². The van der Waals surface area contributed by atoms with Crippen LogP contribution < -0.4 is 5.32 Å². The molecule has 0 aliphatic rings. The number of hydrogen-bond donors (Lipinski definition) is 2. The lowest BCUT2D eigenvalue weighted by Crippen LogP contribution is -2.13. The van der Waals surface area contributed by atoms with Gasteiger partial charge in [-0.3, -0.25) is 0 Å². The highest BCUT2D eigenvalue weighted by molar-refractivity contribution is 9.10. The first-order valence-electron chi connectivity index (χ1n) is 5.19. The van der Waals surface area contributed by atoms with Crippen LogP contribution in [-0.2, 0) is 0 Å². The van der Waals surface area contributed by atoms with Crippen molar-refractivity contribution in [2.45, 2.75) is 13.0 Å². The zero-order chi connectivity index (χ0) is 11.5. The molecule has 0 saturated heterocycles. The van der Waals surface area contributed by atoms with Crippen molar-refractivity contribution in [1.29, 1.82) is 0 Å². The Morgan fingerprint density at radius 3 is 2.62 bits per heavy atom. The Morgan fingerprint density at radius 2 is 2.00 bits per heavy atom. The summed E-state index contributed by atoms with van der Waals surface area (Å²) in [6, 6.07) is 8.41. The number of aromatic amines is 1. The van der Waals surface area contributed by atoms with Gasteiger partial charge in [0.1, 0.15) is 5.82 Å². The van der Waals surface area contributed by atoms with Crippen LogP contribution in [0.25, 0.3) is 11.3 Å². The fourth-order valence-corrected chi connectivity index (χ4v) is 1.73. The average Bonchev–Trinajstić information content (AvgIpc) is 2.78. The summed E-state index contributed by atoms with van der Waals surface area (Å²) in [6.07, 6.45) is 1.87. The van der Waals surface area contributed by atoms with Gasteiger partial charge in [0.25, 0.3) is 0 Å². The van der Waals surface area contributed by atoms with Crippen LogP contribution in [0, 0.1) is 0 Å². The molecule has 1 aromatic carbocycles. The van der Waals surface area contributed by atoms with Crippen LogP contribution in [0.5, 0.6) is 0 Å². The first-order chi connectivity index (χ1) is 7.70. The average molecular weight is 280 g/mol. The molecule has 0 spiro atoms. The van der Waals surface area contributed by atoms with E-state index in [1.165, 1.54) is 0 Å². The Bertz CT molecular complexity index is 461. The zero-order valence-electron chi connectivity index (χ0n) is 9.29. The highest BCUT2D eigenvalue weighted by Gasteiger charge is 2.07. The molecular formula is C12H14BrN3. The molecule has 0 unspecified atom stereocenters. The highest BCUT2D eigenvalue weighted by Crippen LogP contribution is 2.21. The predicted molar refractivity (Wildman–Crippen MR) is 69.2 cm³/mol. The SMILES string of the molecule is CN[C@@H](C)c1ncc(-c2ccc(Br)cc2)[nH]1. The van der Waals surface area contributed by atoms with E-state index in [1.54, 1.807) is 0 Å². The minimum atomic E-state index is 0.240. The van der Waals surface area contributed by atoms with Gasteiger partial charge < -0.3 is 10.3 Å². The third kappa shape index (κ3) is 2.33.